The molecule has 1 aliphatic carbocycles. The van der Waals surface area contributed by atoms with Gasteiger partial charge in [-0.25, -0.2) is 0 Å². The fourth-order valence-corrected chi connectivity index (χ4v) is 4.45. The maximum Gasteiger partial charge on any atom is 0.192 e. The standard InChI is InChI=1S/C19H19N3O3S2/c1-24-13-7-8-16(25-2)14(10-13)15(23)11-27-19-21-20-18(17-4-3-9-26-17)22(19)12-5-6-12/h3-4,7-10,12H,5-6,11H2,1-2H3. The molecule has 8 heteroatoms. The second kappa shape index (κ2) is 7.74. The van der Waals surface area contributed by atoms with Gasteiger partial charge in [-0.15, -0.1) is 21.5 Å². The van der Waals surface area contributed by atoms with E-state index in [0.717, 1.165) is 28.7 Å². The van der Waals surface area contributed by atoms with Crippen molar-refractivity contribution < 1.29 is 14.3 Å². The van der Waals surface area contributed by atoms with E-state index in [1.165, 1.54) is 11.8 Å². The molecule has 2 aromatic heterocycles. The zero-order valence-electron chi connectivity index (χ0n) is 15.0. The zero-order chi connectivity index (χ0) is 18.8. The first-order valence-electron chi connectivity index (χ1n) is 8.58. The van der Waals surface area contributed by atoms with E-state index >= 15 is 0 Å². The lowest BCUT2D eigenvalue weighted by molar-refractivity contribution is 0.101. The van der Waals surface area contributed by atoms with Gasteiger partial charge >= 0.3 is 0 Å². The lowest BCUT2D eigenvalue weighted by Crippen LogP contribution is -2.07. The van der Waals surface area contributed by atoms with Gasteiger partial charge < -0.3 is 9.47 Å². The van der Waals surface area contributed by atoms with Gasteiger partial charge in [0.25, 0.3) is 0 Å². The number of benzene rings is 1. The highest BCUT2D eigenvalue weighted by Gasteiger charge is 2.30. The first-order valence-corrected chi connectivity index (χ1v) is 10.4. The van der Waals surface area contributed by atoms with Crippen molar-refractivity contribution in [3.05, 3.63) is 41.3 Å². The normalized spacial score (nSPS) is 13.6. The molecule has 3 aromatic rings. The van der Waals surface area contributed by atoms with E-state index in [9.17, 15) is 4.79 Å². The average molecular weight is 402 g/mol. The van der Waals surface area contributed by atoms with Gasteiger partial charge in [-0.2, -0.15) is 0 Å². The van der Waals surface area contributed by atoms with Crippen molar-refractivity contribution in [3.63, 3.8) is 0 Å². The molecular formula is C19H19N3O3S2. The number of rotatable bonds is 8. The van der Waals surface area contributed by atoms with Crippen LogP contribution in [-0.4, -0.2) is 40.5 Å². The molecule has 0 radical (unpaired) electrons. The summed E-state index contributed by atoms with van der Waals surface area (Å²) < 4.78 is 12.7. The number of ether oxygens (including phenoxy) is 2. The molecular weight excluding hydrogens is 382 g/mol. The summed E-state index contributed by atoms with van der Waals surface area (Å²) in [5.74, 6) is 2.30. The molecule has 140 valence electrons. The van der Waals surface area contributed by atoms with Crippen LogP contribution in [0.4, 0.5) is 0 Å². The highest BCUT2D eigenvalue weighted by Crippen LogP contribution is 2.42. The van der Waals surface area contributed by atoms with Gasteiger partial charge in [0.1, 0.15) is 11.5 Å². The highest BCUT2D eigenvalue weighted by atomic mass is 32.2. The molecule has 0 spiro atoms. The molecule has 6 nitrogen and oxygen atoms in total. The number of carbonyl (C=O) groups is 1. The Kier molecular flexibility index (Phi) is 5.18. The minimum atomic E-state index is -0.0289. The Morgan fingerprint density at radius 3 is 2.78 bits per heavy atom. The predicted molar refractivity (Wildman–Crippen MR) is 106 cm³/mol. The van der Waals surface area contributed by atoms with E-state index in [1.807, 2.05) is 17.5 Å². The molecule has 0 saturated heterocycles. The first kappa shape index (κ1) is 18.1. The number of thioether (sulfide) groups is 1. The maximum absolute atomic E-state index is 12.8. The molecule has 2 heterocycles. The number of ketones is 1. The molecule has 4 rings (SSSR count). The smallest absolute Gasteiger partial charge is 0.192 e. The van der Waals surface area contributed by atoms with E-state index in [0.29, 0.717) is 23.1 Å². The minimum Gasteiger partial charge on any atom is -0.497 e. The number of methoxy groups -OCH3 is 2. The summed E-state index contributed by atoms with van der Waals surface area (Å²) in [6.45, 7) is 0. The third kappa shape index (κ3) is 3.72. The number of Topliss-reactive ketones (excluding diaryl/α,β-unsaturated/α-hetero) is 1. The monoisotopic (exact) mass is 401 g/mol. The first-order chi connectivity index (χ1) is 13.2. The second-order valence-corrected chi connectivity index (χ2v) is 8.05. The SMILES string of the molecule is COc1ccc(OC)c(C(=O)CSc2nnc(-c3cccs3)n2C2CC2)c1. The summed E-state index contributed by atoms with van der Waals surface area (Å²) in [7, 11) is 3.14. The van der Waals surface area contributed by atoms with Crippen LogP contribution in [0.5, 0.6) is 11.5 Å². The quantitative estimate of drug-likeness (QED) is 0.413. The van der Waals surface area contributed by atoms with Gasteiger partial charge in [0, 0.05) is 6.04 Å². The number of nitrogens with zero attached hydrogens (tertiary/aromatic N) is 3. The lowest BCUT2D eigenvalue weighted by atomic mass is 10.1. The Balaban J connectivity index is 1.55. The van der Waals surface area contributed by atoms with Crippen LogP contribution in [0.15, 0.2) is 40.9 Å². The number of carbonyl (C=O) groups excluding carboxylic acids is 1. The maximum atomic E-state index is 12.8. The minimum absolute atomic E-state index is 0.0289. The Morgan fingerprint density at radius 1 is 1.26 bits per heavy atom. The summed E-state index contributed by atoms with van der Waals surface area (Å²) in [6.07, 6.45) is 2.25. The number of aromatic nitrogens is 3. The van der Waals surface area contributed by atoms with Crippen LogP contribution in [0.25, 0.3) is 10.7 Å². The van der Waals surface area contributed by atoms with E-state index in [2.05, 4.69) is 14.8 Å². The van der Waals surface area contributed by atoms with Gasteiger partial charge in [0.2, 0.25) is 0 Å². The summed E-state index contributed by atoms with van der Waals surface area (Å²) in [5, 5.41) is 11.6. The van der Waals surface area contributed by atoms with Crippen LogP contribution in [0.1, 0.15) is 29.2 Å². The summed E-state index contributed by atoms with van der Waals surface area (Å²) >= 11 is 3.07. The molecule has 1 fully saturated rings. The molecule has 0 N–H and O–H groups in total. The summed E-state index contributed by atoms with van der Waals surface area (Å²) in [6, 6.07) is 9.73. The molecule has 0 unspecified atom stereocenters. The molecule has 0 bridgehead atoms. The van der Waals surface area contributed by atoms with Crippen LogP contribution >= 0.6 is 23.1 Å². The van der Waals surface area contributed by atoms with Crippen molar-refractivity contribution in [1.82, 2.24) is 14.8 Å². The van der Waals surface area contributed by atoms with Gasteiger partial charge in [0.15, 0.2) is 16.8 Å². The van der Waals surface area contributed by atoms with Gasteiger partial charge in [-0.3, -0.25) is 9.36 Å². The third-order valence-corrected chi connectivity index (χ3v) is 6.17. The van der Waals surface area contributed by atoms with Crippen molar-refractivity contribution in [2.45, 2.75) is 24.0 Å². The van der Waals surface area contributed by atoms with Gasteiger partial charge in [-0.1, -0.05) is 17.8 Å². The Labute approximate surface area is 165 Å². The van der Waals surface area contributed by atoms with Gasteiger partial charge in [-0.05, 0) is 42.5 Å². The zero-order valence-corrected chi connectivity index (χ0v) is 16.7. The number of thiophene rings is 1. The Morgan fingerprint density at radius 2 is 2.11 bits per heavy atom. The van der Waals surface area contributed by atoms with Crippen LogP contribution in [0.2, 0.25) is 0 Å². The van der Waals surface area contributed by atoms with E-state index < -0.39 is 0 Å². The molecule has 1 aromatic carbocycles. The van der Waals surface area contributed by atoms with Crippen LogP contribution in [-0.2, 0) is 0 Å². The van der Waals surface area contributed by atoms with E-state index in [1.54, 1.807) is 43.8 Å². The summed E-state index contributed by atoms with van der Waals surface area (Å²) in [5.41, 5.74) is 0.514. The van der Waals surface area contributed by atoms with Crippen LogP contribution in [0.3, 0.4) is 0 Å². The molecule has 0 amide bonds. The summed E-state index contributed by atoms with van der Waals surface area (Å²) in [4.78, 5) is 13.9. The van der Waals surface area contributed by atoms with Crippen molar-refractivity contribution in [2.75, 3.05) is 20.0 Å². The van der Waals surface area contributed by atoms with Gasteiger partial charge in [0.05, 0.1) is 30.4 Å². The predicted octanol–water partition coefficient (Wildman–Crippen LogP) is 4.33. The molecule has 0 aliphatic heterocycles. The van der Waals surface area contributed by atoms with E-state index in [4.69, 9.17) is 9.47 Å². The van der Waals surface area contributed by atoms with E-state index in [-0.39, 0.29) is 11.5 Å². The fourth-order valence-electron chi connectivity index (χ4n) is 2.85. The topological polar surface area (TPSA) is 66.2 Å². The third-order valence-electron chi connectivity index (χ3n) is 4.36. The highest BCUT2D eigenvalue weighted by molar-refractivity contribution is 7.99. The molecule has 0 atom stereocenters. The lowest BCUT2D eigenvalue weighted by Gasteiger charge is -2.10. The van der Waals surface area contributed by atoms with Crippen molar-refractivity contribution in [1.29, 1.82) is 0 Å². The van der Waals surface area contributed by atoms with Crippen molar-refractivity contribution in [3.8, 4) is 22.2 Å². The fraction of sp³-hybridized carbons (Fsp3) is 0.316. The van der Waals surface area contributed by atoms with Crippen molar-refractivity contribution >= 4 is 28.9 Å². The largest absolute Gasteiger partial charge is 0.497 e. The van der Waals surface area contributed by atoms with Crippen LogP contribution in [0, 0.1) is 0 Å². The van der Waals surface area contributed by atoms with Crippen molar-refractivity contribution in [2.24, 2.45) is 0 Å². The molecule has 1 saturated carbocycles. The molecule has 27 heavy (non-hydrogen) atoms. The Bertz CT molecular complexity index is 949. The number of hydrogen-bond donors (Lipinski definition) is 0. The Hall–Kier alpha value is -2.32. The average Bonchev–Trinajstić information content (AvgIpc) is 3.22. The molecule has 1 aliphatic rings. The second-order valence-electron chi connectivity index (χ2n) is 6.16. The van der Waals surface area contributed by atoms with Crippen LogP contribution < -0.4 is 9.47 Å². The number of hydrogen-bond acceptors (Lipinski definition) is 7.